The van der Waals surface area contributed by atoms with Crippen LogP contribution in [0.1, 0.15) is 50.0 Å². The zero-order valence-electron chi connectivity index (χ0n) is 15.0. The van der Waals surface area contributed by atoms with Gasteiger partial charge in [0.05, 0.1) is 0 Å². The van der Waals surface area contributed by atoms with Gasteiger partial charge in [0, 0.05) is 30.8 Å². The summed E-state index contributed by atoms with van der Waals surface area (Å²) in [5.74, 6) is 1.29. The fraction of sp³-hybridized carbons (Fsp3) is 0.450. The van der Waals surface area contributed by atoms with Crippen LogP contribution >= 0.6 is 0 Å². The van der Waals surface area contributed by atoms with Crippen LogP contribution in [-0.2, 0) is 0 Å². The standard InChI is InChI=1S/C20H26N4O/c1-15(2)21-18-14-17(20(25)24-12-8-3-4-9-13-24)22-19(23-18)16-10-6-5-7-11-16/h5-7,10-11,14-15H,3-4,8-9,12-13H2,1-2H3,(H,21,22,23). The summed E-state index contributed by atoms with van der Waals surface area (Å²) in [4.78, 5) is 24.1. The fourth-order valence-corrected chi connectivity index (χ4v) is 3.08. The van der Waals surface area contributed by atoms with Crippen molar-refractivity contribution in [2.24, 2.45) is 0 Å². The Labute approximate surface area is 149 Å². The number of nitrogens with one attached hydrogen (secondary N) is 1. The number of rotatable bonds is 4. The van der Waals surface area contributed by atoms with E-state index in [1.807, 2.05) is 35.2 Å². The van der Waals surface area contributed by atoms with Crippen molar-refractivity contribution < 1.29 is 4.79 Å². The Bertz CT molecular complexity index is 707. The second-order valence-electron chi connectivity index (χ2n) is 6.83. The van der Waals surface area contributed by atoms with Crippen LogP contribution in [0.2, 0.25) is 0 Å². The monoisotopic (exact) mass is 338 g/mol. The summed E-state index contributed by atoms with van der Waals surface area (Å²) in [5, 5.41) is 3.30. The van der Waals surface area contributed by atoms with Gasteiger partial charge < -0.3 is 10.2 Å². The highest BCUT2D eigenvalue weighted by atomic mass is 16.2. The van der Waals surface area contributed by atoms with Crippen LogP contribution in [0.5, 0.6) is 0 Å². The summed E-state index contributed by atoms with van der Waals surface area (Å²) in [5.41, 5.74) is 1.39. The Morgan fingerprint density at radius 1 is 1.04 bits per heavy atom. The first-order valence-electron chi connectivity index (χ1n) is 9.14. The molecule has 0 bridgehead atoms. The maximum atomic E-state index is 13.0. The number of carbonyl (C=O) groups excluding carboxylic acids is 1. The molecular weight excluding hydrogens is 312 g/mol. The molecule has 1 aliphatic rings. The van der Waals surface area contributed by atoms with Gasteiger partial charge in [0.1, 0.15) is 11.5 Å². The highest BCUT2D eigenvalue weighted by molar-refractivity contribution is 5.93. The van der Waals surface area contributed by atoms with Gasteiger partial charge in [-0.1, -0.05) is 43.2 Å². The van der Waals surface area contributed by atoms with Crippen molar-refractivity contribution in [2.75, 3.05) is 18.4 Å². The summed E-state index contributed by atoms with van der Waals surface area (Å²) in [7, 11) is 0. The van der Waals surface area contributed by atoms with Gasteiger partial charge in [0.25, 0.3) is 5.91 Å². The number of carbonyl (C=O) groups is 1. The number of hydrogen-bond donors (Lipinski definition) is 1. The van der Waals surface area contributed by atoms with E-state index in [0.717, 1.165) is 31.5 Å². The highest BCUT2D eigenvalue weighted by Gasteiger charge is 2.20. The van der Waals surface area contributed by atoms with Crippen molar-refractivity contribution in [3.63, 3.8) is 0 Å². The molecule has 0 radical (unpaired) electrons. The normalized spacial score (nSPS) is 15.1. The lowest BCUT2D eigenvalue weighted by Crippen LogP contribution is -2.32. The van der Waals surface area contributed by atoms with Crippen molar-refractivity contribution in [1.82, 2.24) is 14.9 Å². The maximum Gasteiger partial charge on any atom is 0.272 e. The Kier molecular flexibility index (Phi) is 5.64. The third-order valence-corrected chi connectivity index (χ3v) is 4.31. The number of nitrogens with zero attached hydrogens (tertiary/aromatic N) is 3. The average Bonchev–Trinajstić information content (AvgIpc) is 2.90. The summed E-state index contributed by atoms with van der Waals surface area (Å²) < 4.78 is 0. The van der Waals surface area contributed by atoms with Crippen molar-refractivity contribution in [2.45, 2.75) is 45.6 Å². The molecule has 1 saturated heterocycles. The molecule has 1 N–H and O–H groups in total. The quantitative estimate of drug-likeness (QED) is 0.916. The molecule has 2 heterocycles. The van der Waals surface area contributed by atoms with Gasteiger partial charge in [0.2, 0.25) is 0 Å². The number of benzene rings is 1. The van der Waals surface area contributed by atoms with Crippen LogP contribution in [-0.4, -0.2) is 39.9 Å². The van der Waals surface area contributed by atoms with Crippen LogP contribution in [0.3, 0.4) is 0 Å². The predicted molar refractivity (Wildman–Crippen MR) is 101 cm³/mol. The molecule has 0 aliphatic carbocycles. The van der Waals surface area contributed by atoms with Crippen molar-refractivity contribution in [3.8, 4) is 11.4 Å². The SMILES string of the molecule is CC(C)Nc1cc(C(=O)N2CCCCCC2)nc(-c2ccccc2)n1. The molecule has 0 atom stereocenters. The van der Waals surface area contributed by atoms with E-state index < -0.39 is 0 Å². The maximum absolute atomic E-state index is 13.0. The number of anilines is 1. The molecular formula is C20H26N4O. The molecule has 132 valence electrons. The summed E-state index contributed by atoms with van der Waals surface area (Å²) in [6, 6.07) is 11.8. The molecule has 1 aromatic heterocycles. The minimum atomic E-state index is 0.00767. The minimum absolute atomic E-state index is 0.00767. The lowest BCUT2D eigenvalue weighted by molar-refractivity contribution is 0.0755. The van der Waals surface area contributed by atoms with E-state index >= 15 is 0 Å². The van der Waals surface area contributed by atoms with Gasteiger partial charge >= 0.3 is 0 Å². The van der Waals surface area contributed by atoms with Crippen molar-refractivity contribution in [1.29, 1.82) is 0 Å². The molecule has 1 amide bonds. The molecule has 0 saturated carbocycles. The van der Waals surface area contributed by atoms with Gasteiger partial charge in [0.15, 0.2) is 5.82 Å². The first-order chi connectivity index (χ1) is 12.1. The largest absolute Gasteiger partial charge is 0.368 e. The zero-order chi connectivity index (χ0) is 17.6. The number of aromatic nitrogens is 2. The first kappa shape index (κ1) is 17.4. The number of amides is 1. The molecule has 5 heteroatoms. The van der Waals surface area contributed by atoms with Crippen molar-refractivity contribution in [3.05, 3.63) is 42.1 Å². The predicted octanol–water partition coefficient (Wildman–Crippen LogP) is 3.98. The van der Waals surface area contributed by atoms with Crippen LogP contribution in [0.25, 0.3) is 11.4 Å². The molecule has 3 rings (SSSR count). The summed E-state index contributed by atoms with van der Waals surface area (Å²) in [6.45, 7) is 5.74. The lowest BCUT2D eigenvalue weighted by atomic mass is 10.2. The Balaban J connectivity index is 1.95. The third-order valence-electron chi connectivity index (χ3n) is 4.31. The fourth-order valence-electron chi connectivity index (χ4n) is 3.08. The van der Waals surface area contributed by atoms with Gasteiger partial charge in [-0.15, -0.1) is 0 Å². The second-order valence-corrected chi connectivity index (χ2v) is 6.83. The van der Waals surface area contributed by atoms with E-state index in [9.17, 15) is 4.79 Å². The Hall–Kier alpha value is -2.43. The lowest BCUT2D eigenvalue weighted by Gasteiger charge is -2.20. The molecule has 5 nitrogen and oxygen atoms in total. The van der Waals surface area contributed by atoms with Gasteiger partial charge in [-0.25, -0.2) is 9.97 Å². The van der Waals surface area contributed by atoms with Gasteiger partial charge in [-0.05, 0) is 26.7 Å². The molecule has 2 aromatic rings. The highest BCUT2D eigenvalue weighted by Crippen LogP contribution is 2.20. The molecule has 1 fully saturated rings. The molecule has 0 unspecified atom stereocenters. The topological polar surface area (TPSA) is 58.1 Å². The van der Waals surface area contributed by atoms with E-state index in [1.54, 1.807) is 6.07 Å². The number of likely N-dealkylation sites (tertiary alicyclic amines) is 1. The molecule has 1 aliphatic heterocycles. The molecule has 25 heavy (non-hydrogen) atoms. The Morgan fingerprint density at radius 3 is 2.36 bits per heavy atom. The van der Waals surface area contributed by atoms with Crippen LogP contribution in [0, 0.1) is 0 Å². The number of hydrogen-bond acceptors (Lipinski definition) is 4. The smallest absolute Gasteiger partial charge is 0.272 e. The van der Waals surface area contributed by atoms with Crippen LogP contribution < -0.4 is 5.32 Å². The van der Waals surface area contributed by atoms with E-state index in [1.165, 1.54) is 12.8 Å². The van der Waals surface area contributed by atoms with E-state index in [2.05, 4.69) is 29.1 Å². The van der Waals surface area contributed by atoms with Crippen LogP contribution in [0.4, 0.5) is 5.82 Å². The molecule has 1 aromatic carbocycles. The Morgan fingerprint density at radius 2 is 1.72 bits per heavy atom. The average molecular weight is 338 g/mol. The first-order valence-corrected chi connectivity index (χ1v) is 9.14. The summed E-state index contributed by atoms with van der Waals surface area (Å²) >= 11 is 0. The second kappa shape index (κ2) is 8.10. The van der Waals surface area contributed by atoms with Gasteiger partial charge in [-0.2, -0.15) is 0 Å². The summed E-state index contributed by atoms with van der Waals surface area (Å²) in [6.07, 6.45) is 4.53. The molecule has 0 spiro atoms. The van der Waals surface area contributed by atoms with Gasteiger partial charge in [-0.3, -0.25) is 4.79 Å². The van der Waals surface area contributed by atoms with E-state index in [-0.39, 0.29) is 11.9 Å². The third kappa shape index (κ3) is 4.56. The van der Waals surface area contributed by atoms with E-state index in [0.29, 0.717) is 17.3 Å². The van der Waals surface area contributed by atoms with Crippen LogP contribution in [0.15, 0.2) is 36.4 Å². The van der Waals surface area contributed by atoms with Crippen molar-refractivity contribution >= 4 is 11.7 Å². The minimum Gasteiger partial charge on any atom is -0.368 e. The van der Waals surface area contributed by atoms with E-state index in [4.69, 9.17) is 0 Å². The zero-order valence-corrected chi connectivity index (χ0v) is 15.0.